The van der Waals surface area contributed by atoms with Crippen LogP contribution in [0.2, 0.25) is 0 Å². The van der Waals surface area contributed by atoms with Gasteiger partial charge in [0.25, 0.3) is 0 Å². The smallest absolute Gasteiger partial charge is 0.234 e. The number of amides is 1. The van der Waals surface area contributed by atoms with Crippen molar-refractivity contribution in [1.29, 1.82) is 0 Å². The van der Waals surface area contributed by atoms with Gasteiger partial charge in [0.2, 0.25) is 5.91 Å². The van der Waals surface area contributed by atoms with E-state index < -0.39 is 14.6 Å². The second kappa shape index (κ2) is 5.35. The van der Waals surface area contributed by atoms with Crippen molar-refractivity contribution in [1.82, 2.24) is 10.6 Å². The molecule has 1 amide bonds. The van der Waals surface area contributed by atoms with E-state index in [-0.39, 0.29) is 24.5 Å². The summed E-state index contributed by atoms with van der Waals surface area (Å²) in [7, 11) is -3.18. The van der Waals surface area contributed by atoms with E-state index in [4.69, 9.17) is 0 Å². The second-order valence-electron chi connectivity index (χ2n) is 5.91. The molecule has 0 bridgehead atoms. The van der Waals surface area contributed by atoms with Crippen molar-refractivity contribution in [2.45, 2.75) is 44.9 Å². The number of nitrogens with one attached hydrogen (secondary N) is 2. The first-order valence-electron chi connectivity index (χ1n) is 5.56. The average Bonchev–Trinajstić information content (AvgIpc) is 2.08. The molecule has 0 spiro atoms. The van der Waals surface area contributed by atoms with Gasteiger partial charge in [0.1, 0.15) is 0 Å². The van der Waals surface area contributed by atoms with E-state index in [0.717, 1.165) is 0 Å². The predicted molar refractivity (Wildman–Crippen MR) is 69.7 cm³/mol. The maximum Gasteiger partial charge on any atom is 0.234 e. The minimum absolute atomic E-state index is 0.122. The van der Waals surface area contributed by atoms with Crippen LogP contribution in [0.3, 0.4) is 0 Å². The molecule has 102 valence electrons. The molecule has 0 aromatic rings. The topological polar surface area (TPSA) is 75.3 Å². The number of carbonyl (C=O) groups is 1. The lowest BCUT2D eigenvalue weighted by molar-refractivity contribution is -0.120. The molecule has 5 nitrogen and oxygen atoms in total. The minimum Gasteiger partial charge on any atom is -0.353 e. The van der Waals surface area contributed by atoms with Crippen LogP contribution < -0.4 is 10.6 Å². The summed E-state index contributed by atoms with van der Waals surface area (Å²) < 4.78 is 21.9. The Bertz CT molecular complexity index is 367. The first kappa shape index (κ1) is 16.4. The van der Waals surface area contributed by atoms with Gasteiger partial charge in [-0.2, -0.15) is 0 Å². The number of hydrogen-bond acceptors (Lipinski definition) is 4. The van der Waals surface area contributed by atoms with E-state index in [1.165, 1.54) is 6.26 Å². The SMILES string of the molecule is CC(C)(C)NCC(=O)NCC(C)(C)S(C)(=O)=O. The molecular weight excluding hydrogens is 240 g/mol. The molecule has 0 unspecified atom stereocenters. The zero-order valence-corrected chi connectivity index (χ0v) is 12.4. The van der Waals surface area contributed by atoms with Crippen LogP contribution in [-0.2, 0) is 14.6 Å². The zero-order chi connectivity index (χ0) is 13.9. The molecule has 0 aliphatic rings. The summed E-state index contributed by atoms with van der Waals surface area (Å²) >= 11 is 0. The molecule has 6 heteroatoms. The van der Waals surface area contributed by atoms with Crippen LogP contribution in [0.4, 0.5) is 0 Å². The van der Waals surface area contributed by atoms with Gasteiger partial charge in [0.05, 0.1) is 11.3 Å². The van der Waals surface area contributed by atoms with Crippen LogP contribution in [0.25, 0.3) is 0 Å². The van der Waals surface area contributed by atoms with Gasteiger partial charge >= 0.3 is 0 Å². The molecule has 2 N–H and O–H groups in total. The summed E-state index contributed by atoms with van der Waals surface area (Å²) in [5.74, 6) is -0.198. The van der Waals surface area contributed by atoms with Gasteiger partial charge in [-0.3, -0.25) is 4.79 Å². The Labute approximate surface area is 104 Å². The fourth-order valence-corrected chi connectivity index (χ4v) is 1.18. The van der Waals surface area contributed by atoms with Gasteiger partial charge in [-0.05, 0) is 34.6 Å². The van der Waals surface area contributed by atoms with Gasteiger partial charge in [-0.1, -0.05) is 0 Å². The quantitative estimate of drug-likeness (QED) is 0.749. The normalized spacial score (nSPS) is 13.5. The van der Waals surface area contributed by atoms with Crippen LogP contribution in [0, 0.1) is 0 Å². The van der Waals surface area contributed by atoms with Crippen molar-refractivity contribution in [3.05, 3.63) is 0 Å². The third-order valence-electron chi connectivity index (χ3n) is 2.49. The molecule has 0 atom stereocenters. The number of hydrogen-bond donors (Lipinski definition) is 2. The monoisotopic (exact) mass is 264 g/mol. The molecular formula is C11H24N2O3S. The number of rotatable bonds is 5. The van der Waals surface area contributed by atoms with Crippen molar-refractivity contribution < 1.29 is 13.2 Å². The summed E-state index contributed by atoms with van der Waals surface area (Å²) in [5.41, 5.74) is -0.135. The Hall–Kier alpha value is -0.620. The Morgan fingerprint density at radius 3 is 1.94 bits per heavy atom. The third kappa shape index (κ3) is 6.63. The first-order valence-corrected chi connectivity index (χ1v) is 7.46. The lowest BCUT2D eigenvalue weighted by atomic mass is 10.1. The minimum atomic E-state index is -3.18. The van der Waals surface area contributed by atoms with Crippen molar-refractivity contribution in [2.75, 3.05) is 19.3 Å². The molecule has 0 fully saturated rings. The predicted octanol–water partition coefficient (Wildman–Crippen LogP) is 0.314. The van der Waals surface area contributed by atoms with E-state index >= 15 is 0 Å². The Morgan fingerprint density at radius 2 is 1.59 bits per heavy atom. The molecule has 0 saturated carbocycles. The van der Waals surface area contributed by atoms with E-state index in [1.807, 2.05) is 20.8 Å². The highest BCUT2D eigenvalue weighted by molar-refractivity contribution is 7.92. The van der Waals surface area contributed by atoms with Gasteiger partial charge in [-0.15, -0.1) is 0 Å². The van der Waals surface area contributed by atoms with Crippen molar-refractivity contribution in [2.24, 2.45) is 0 Å². The molecule has 0 aromatic carbocycles. The van der Waals surface area contributed by atoms with Gasteiger partial charge in [0, 0.05) is 18.3 Å². The fraction of sp³-hybridized carbons (Fsp3) is 0.909. The molecule has 0 aromatic heterocycles. The van der Waals surface area contributed by atoms with E-state index in [2.05, 4.69) is 10.6 Å². The lowest BCUT2D eigenvalue weighted by Crippen LogP contribution is -2.48. The van der Waals surface area contributed by atoms with Gasteiger partial charge < -0.3 is 10.6 Å². The molecule has 0 aliphatic heterocycles. The van der Waals surface area contributed by atoms with Crippen LogP contribution in [-0.4, -0.2) is 44.0 Å². The Kier molecular flexibility index (Phi) is 5.16. The highest BCUT2D eigenvalue weighted by Gasteiger charge is 2.30. The highest BCUT2D eigenvalue weighted by atomic mass is 32.2. The number of carbonyl (C=O) groups excluding carboxylic acids is 1. The molecule has 17 heavy (non-hydrogen) atoms. The van der Waals surface area contributed by atoms with E-state index in [1.54, 1.807) is 13.8 Å². The second-order valence-corrected chi connectivity index (χ2v) is 8.56. The third-order valence-corrected chi connectivity index (χ3v) is 4.65. The van der Waals surface area contributed by atoms with E-state index in [0.29, 0.717) is 0 Å². The largest absolute Gasteiger partial charge is 0.353 e. The maximum absolute atomic E-state index is 11.5. The molecule has 0 heterocycles. The van der Waals surface area contributed by atoms with Crippen LogP contribution in [0.5, 0.6) is 0 Å². The summed E-state index contributed by atoms with van der Waals surface area (Å²) in [4.78, 5) is 11.5. The average molecular weight is 264 g/mol. The molecule has 0 radical (unpaired) electrons. The van der Waals surface area contributed by atoms with Crippen molar-refractivity contribution in [3.8, 4) is 0 Å². The fourth-order valence-electron chi connectivity index (χ4n) is 0.850. The first-order chi connectivity index (χ1) is 7.35. The van der Waals surface area contributed by atoms with Crippen LogP contribution >= 0.6 is 0 Å². The molecule has 0 aliphatic carbocycles. The summed E-state index contributed by atoms with van der Waals surface area (Å²) in [6.45, 7) is 9.38. The Morgan fingerprint density at radius 1 is 1.12 bits per heavy atom. The highest BCUT2D eigenvalue weighted by Crippen LogP contribution is 2.13. The van der Waals surface area contributed by atoms with Gasteiger partial charge in [-0.25, -0.2) is 8.42 Å². The standard InChI is InChI=1S/C11H24N2O3S/c1-10(2,3)13-7-9(14)12-8-11(4,5)17(6,15)16/h13H,7-8H2,1-6H3,(H,12,14). The van der Waals surface area contributed by atoms with Crippen molar-refractivity contribution in [3.63, 3.8) is 0 Å². The number of sulfone groups is 1. The van der Waals surface area contributed by atoms with E-state index in [9.17, 15) is 13.2 Å². The Balaban J connectivity index is 4.19. The molecule has 0 rings (SSSR count). The van der Waals surface area contributed by atoms with Crippen LogP contribution in [0.1, 0.15) is 34.6 Å². The molecule has 0 saturated heterocycles. The van der Waals surface area contributed by atoms with Gasteiger partial charge in [0.15, 0.2) is 9.84 Å². The lowest BCUT2D eigenvalue weighted by Gasteiger charge is -2.24. The maximum atomic E-state index is 11.5. The van der Waals surface area contributed by atoms with Crippen molar-refractivity contribution >= 4 is 15.7 Å². The van der Waals surface area contributed by atoms with Crippen LogP contribution in [0.15, 0.2) is 0 Å². The summed E-state index contributed by atoms with van der Waals surface area (Å²) in [5, 5.41) is 5.66. The summed E-state index contributed by atoms with van der Waals surface area (Å²) in [6.07, 6.45) is 1.17. The zero-order valence-electron chi connectivity index (χ0n) is 11.5. The summed E-state index contributed by atoms with van der Waals surface area (Å²) in [6, 6.07) is 0.